The van der Waals surface area contributed by atoms with Gasteiger partial charge in [0, 0.05) is 13.2 Å². The van der Waals surface area contributed by atoms with Crippen LogP contribution in [-0.4, -0.2) is 13.8 Å². The van der Waals surface area contributed by atoms with Gasteiger partial charge in [0.15, 0.2) is 0 Å². The Balaban J connectivity index is 3.97. The van der Waals surface area contributed by atoms with Crippen LogP contribution in [0.5, 0.6) is 0 Å². The lowest BCUT2D eigenvalue weighted by atomic mass is 10.1. The maximum absolute atomic E-state index is 3.83. The Morgan fingerprint density at radius 1 is 1.67 bits per heavy atom. The van der Waals surface area contributed by atoms with E-state index in [0.29, 0.717) is 5.92 Å². The molecule has 0 unspecified atom stereocenters. The van der Waals surface area contributed by atoms with Gasteiger partial charge >= 0.3 is 0 Å². The van der Waals surface area contributed by atoms with E-state index in [-0.39, 0.29) is 0 Å². The van der Waals surface area contributed by atoms with E-state index in [1.54, 1.807) is 0 Å². The molecule has 0 fully saturated rings. The Morgan fingerprint density at radius 3 is 2.33 bits per heavy atom. The summed E-state index contributed by atoms with van der Waals surface area (Å²) in [4.78, 5) is 3.83. The van der Waals surface area contributed by atoms with Crippen molar-refractivity contribution in [2.45, 2.75) is 13.8 Å². The molecule has 2 heteroatoms. The molecule has 2 nitrogen and oxygen atoms in total. The summed E-state index contributed by atoms with van der Waals surface area (Å²) in [6, 6.07) is 0. The van der Waals surface area contributed by atoms with E-state index < -0.39 is 0 Å². The van der Waals surface area contributed by atoms with Crippen molar-refractivity contribution in [2.24, 2.45) is 10.9 Å². The molecule has 0 radical (unpaired) electrons. The molecule has 0 aliphatic heterocycles. The highest BCUT2D eigenvalue weighted by Gasteiger charge is 1.96. The van der Waals surface area contributed by atoms with Gasteiger partial charge in [-0.1, -0.05) is 13.8 Å². The highest BCUT2D eigenvalue weighted by atomic mass is 14.8. The predicted octanol–water partition coefficient (Wildman–Crippen LogP) is 1.40. The van der Waals surface area contributed by atoms with Crippen LogP contribution in [0.1, 0.15) is 13.8 Å². The maximum Gasteiger partial charge on any atom is 0.0577 e. The lowest BCUT2D eigenvalue weighted by Crippen LogP contribution is -1.99. The van der Waals surface area contributed by atoms with Gasteiger partial charge < -0.3 is 5.32 Å². The molecular formula is C7H14N2. The van der Waals surface area contributed by atoms with Crippen molar-refractivity contribution in [3.8, 4) is 0 Å². The fourth-order valence-electron chi connectivity index (χ4n) is 0.543. The van der Waals surface area contributed by atoms with Crippen LogP contribution in [0, 0.1) is 5.92 Å². The third-order valence-corrected chi connectivity index (χ3v) is 1.07. The summed E-state index contributed by atoms with van der Waals surface area (Å²) < 4.78 is 0. The van der Waals surface area contributed by atoms with Gasteiger partial charge in [-0.25, -0.2) is 0 Å². The van der Waals surface area contributed by atoms with Crippen LogP contribution >= 0.6 is 0 Å². The molecule has 0 aromatic rings. The number of rotatable bonds is 3. The fourth-order valence-corrected chi connectivity index (χ4v) is 0.543. The first kappa shape index (κ1) is 8.21. The van der Waals surface area contributed by atoms with Crippen LogP contribution in [0.15, 0.2) is 16.9 Å². The number of allylic oxidation sites excluding steroid dienone is 1. The normalized spacial score (nSPS) is 11.8. The molecular weight excluding hydrogens is 112 g/mol. The predicted molar refractivity (Wildman–Crippen MR) is 41.5 cm³/mol. The average molecular weight is 126 g/mol. The first-order valence-electron chi connectivity index (χ1n) is 3.06. The Morgan fingerprint density at radius 2 is 2.22 bits per heavy atom. The minimum atomic E-state index is 0.454. The smallest absolute Gasteiger partial charge is 0.0577 e. The molecule has 9 heavy (non-hydrogen) atoms. The molecule has 0 rings (SSSR count). The van der Waals surface area contributed by atoms with Crippen LogP contribution in [0.25, 0.3) is 0 Å². The second-order valence-corrected chi connectivity index (χ2v) is 2.17. The summed E-state index contributed by atoms with van der Waals surface area (Å²) in [6.45, 7) is 7.60. The molecule has 0 aliphatic carbocycles. The molecule has 0 aromatic heterocycles. The van der Waals surface area contributed by atoms with E-state index in [1.165, 1.54) is 0 Å². The van der Waals surface area contributed by atoms with Gasteiger partial charge in [0.2, 0.25) is 0 Å². The highest BCUT2D eigenvalue weighted by molar-refractivity contribution is 5.29. The van der Waals surface area contributed by atoms with Gasteiger partial charge in [0.05, 0.1) is 5.70 Å². The zero-order valence-electron chi connectivity index (χ0n) is 6.31. The largest absolute Gasteiger partial charge is 0.393 e. The molecule has 0 bridgehead atoms. The molecule has 1 N–H and O–H groups in total. The summed E-state index contributed by atoms with van der Waals surface area (Å²) in [5.74, 6) is 0.454. The molecule has 0 atom stereocenters. The van der Waals surface area contributed by atoms with Crippen molar-refractivity contribution in [3.05, 3.63) is 11.9 Å². The van der Waals surface area contributed by atoms with Crippen LogP contribution in [0.2, 0.25) is 0 Å². The first-order valence-corrected chi connectivity index (χ1v) is 3.06. The fraction of sp³-hybridized carbons (Fsp3) is 0.571. The topological polar surface area (TPSA) is 24.4 Å². The number of hydrogen-bond acceptors (Lipinski definition) is 2. The SMILES string of the molecule is C=N/C(=C\NC)C(C)C. The number of hydrogen-bond donors (Lipinski definition) is 1. The summed E-state index contributed by atoms with van der Waals surface area (Å²) >= 11 is 0. The van der Waals surface area contributed by atoms with Crippen molar-refractivity contribution < 1.29 is 0 Å². The van der Waals surface area contributed by atoms with E-state index in [2.05, 4.69) is 30.9 Å². The van der Waals surface area contributed by atoms with Crippen LogP contribution in [0.4, 0.5) is 0 Å². The van der Waals surface area contributed by atoms with E-state index in [9.17, 15) is 0 Å². The van der Waals surface area contributed by atoms with Crippen molar-refractivity contribution >= 4 is 6.72 Å². The third kappa shape index (κ3) is 2.90. The van der Waals surface area contributed by atoms with Crippen molar-refractivity contribution in [3.63, 3.8) is 0 Å². The lowest BCUT2D eigenvalue weighted by molar-refractivity contribution is 0.748. The van der Waals surface area contributed by atoms with Gasteiger partial charge in [-0.15, -0.1) is 0 Å². The molecule has 0 saturated heterocycles. The minimum Gasteiger partial charge on any atom is -0.393 e. The minimum absolute atomic E-state index is 0.454. The second kappa shape index (κ2) is 4.13. The molecule has 0 aliphatic rings. The van der Waals surface area contributed by atoms with Gasteiger partial charge in [-0.2, -0.15) is 0 Å². The van der Waals surface area contributed by atoms with Gasteiger partial charge in [0.25, 0.3) is 0 Å². The third-order valence-electron chi connectivity index (χ3n) is 1.07. The number of nitrogens with zero attached hydrogens (tertiary/aromatic N) is 1. The quantitative estimate of drug-likeness (QED) is 0.568. The Labute approximate surface area is 56.7 Å². The van der Waals surface area contributed by atoms with E-state index in [0.717, 1.165) is 5.70 Å². The average Bonchev–Trinajstić information content (AvgIpc) is 1.82. The second-order valence-electron chi connectivity index (χ2n) is 2.17. The lowest BCUT2D eigenvalue weighted by Gasteiger charge is -2.02. The first-order chi connectivity index (χ1) is 4.22. The molecule has 0 saturated carbocycles. The van der Waals surface area contributed by atoms with Crippen molar-refractivity contribution in [2.75, 3.05) is 7.05 Å². The molecule has 0 aromatic carbocycles. The number of aliphatic imine (C=N–C) groups is 1. The van der Waals surface area contributed by atoms with Crippen LogP contribution < -0.4 is 5.32 Å². The van der Waals surface area contributed by atoms with Gasteiger partial charge in [-0.3, -0.25) is 4.99 Å². The van der Waals surface area contributed by atoms with Crippen LogP contribution in [-0.2, 0) is 0 Å². The van der Waals surface area contributed by atoms with E-state index in [4.69, 9.17) is 0 Å². The molecule has 52 valence electrons. The zero-order valence-corrected chi connectivity index (χ0v) is 6.31. The molecule has 0 heterocycles. The van der Waals surface area contributed by atoms with E-state index in [1.807, 2.05) is 13.2 Å². The zero-order chi connectivity index (χ0) is 7.28. The maximum atomic E-state index is 3.83. The Hall–Kier alpha value is -0.790. The van der Waals surface area contributed by atoms with Gasteiger partial charge in [-0.05, 0) is 12.6 Å². The van der Waals surface area contributed by atoms with Crippen molar-refractivity contribution in [1.82, 2.24) is 5.32 Å². The van der Waals surface area contributed by atoms with Gasteiger partial charge in [0.1, 0.15) is 0 Å². The van der Waals surface area contributed by atoms with E-state index >= 15 is 0 Å². The Kier molecular flexibility index (Phi) is 3.76. The Bertz CT molecular complexity index is 114. The highest BCUT2D eigenvalue weighted by Crippen LogP contribution is 2.07. The monoisotopic (exact) mass is 126 g/mol. The molecule has 0 spiro atoms. The standard InChI is InChI=1S/C7H14N2/c1-6(2)7(9-4)5-8-3/h5-6,8H,4H2,1-3H3/b7-5-. The number of nitrogens with one attached hydrogen (secondary N) is 1. The summed E-state index contributed by atoms with van der Waals surface area (Å²) in [7, 11) is 1.85. The van der Waals surface area contributed by atoms with Crippen LogP contribution in [0.3, 0.4) is 0 Å². The van der Waals surface area contributed by atoms with Crippen molar-refractivity contribution in [1.29, 1.82) is 0 Å². The summed E-state index contributed by atoms with van der Waals surface area (Å²) in [5, 5.41) is 2.90. The molecule has 0 amide bonds. The summed E-state index contributed by atoms with van der Waals surface area (Å²) in [6.07, 6.45) is 1.86. The summed E-state index contributed by atoms with van der Waals surface area (Å²) in [5.41, 5.74) is 0.998.